The Morgan fingerprint density at radius 2 is 1.73 bits per heavy atom. The molecular formula is C12H23ClO2. The maximum atomic E-state index is 11.0. The smallest absolute Gasteiger partial charge is 0.321 e. The monoisotopic (exact) mass is 234 g/mol. The molecule has 0 fully saturated rings. The first-order valence-electron chi connectivity index (χ1n) is 5.93. The van der Waals surface area contributed by atoms with Crippen LogP contribution < -0.4 is 0 Å². The lowest BCUT2D eigenvalue weighted by Crippen LogP contribution is -2.19. The summed E-state index contributed by atoms with van der Waals surface area (Å²) in [5.41, 5.74) is 0. The van der Waals surface area contributed by atoms with E-state index in [0.717, 1.165) is 25.2 Å². The summed E-state index contributed by atoms with van der Waals surface area (Å²) in [4.78, 5) is 11.0. The maximum absolute atomic E-state index is 11.0. The molecule has 0 saturated carbocycles. The Balaban J connectivity index is 3.83. The largest absolute Gasteiger partial charge is 0.462 e. The average molecular weight is 235 g/mol. The second-order valence-corrected chi connectivity index (χ2v) is 4.18. The van der Waals surface area contributed by atoms with Gasteiger partial charge in [0, 0.05) is 0 Å². The molecule has 15 heavy (non-hydrogen) atoms. The summed E-state index contributed by atoms with van der Waals surface area (Å²) < 4.78 is 5.22. The Morgan fingerprint density at radius 3 is 2.13 bits per heavy atom. The van der Waals surface area contributed by atoms with Gasteiger partial charge in [0.2, 0.25) is 0 Å². The highest BCUT2D eigenvalue weighted by Crippen LogP contribution is 2.18. The van der Waals surface area contributed by atoms with Crippen LogP contribution in [-0.2, 0) is 9.53 Å². The standard InChI is InChI=1S/C12H23ClO2/c1-4-10(5-2)7-8-11(6-3)15-12(14)9-13/h10-11H,4-9H2,1-3H3. The first-order chi connectivity index (χ1) is 7.17. The van der Waals surface area contributed by atoms with E-state index in [-0.39, 0.29) is 18.0 Å². The van der Waals surface area contributed by atoms with Gasteiger partial charge in [-0.2, -0.15) is 0 Å². The summed E-state index contributed by atoms with van der Waals surface area (Å²) in [5, 5.41) is 0. The summed E-state index contributed by atoms with van der Waals surface area (Å²) in [6.07, 6.45) is 5.44. The molecule has 0 saturated heterocycles. The molecule has 0 rings (SSSR count). The average Bonchev–Trinajstić information content (AvgIpc) is 2.28. The van der Waals surface area contributed by atoms with E-state index in [0.29, 0.717) is 0 Å². The van der Waals surface area contributed by atoms with Crippen molar-refractivity contribution in [2.45, 2.75) is 59.0 Å². The van der Waals surface area contributed by atoms with Crippen molar-refractivity contribution in [2.24, 2.45) is 5.92 Å². The first-order valence-corrected chi connectivity index (χ1v) is 6.46. The number of alkyl halides is 1. The van der Waals surface area contributed by atoms with E-state index in [2.05, 4.69) is 13.8 Å². The molecule has 0 heterocycles. The van der Waals surface area contributed by atoms with E-state index in [1.54, 1.807) is 0 Å². The normalized spacial score (nSPS) is 12.9. The second kappa shape index (κ2) is 9.02. The summed E-state index contributed by atoms with van der Waals surface area (Å²) >= 11 is 5.40. The quantitative estimate of drug-likeness (QED) is 0.472. The van der Waals surface area contributed by atoms with Crippen molar-refractivity contribution in [3.8, 4) is 0 Å². The fraction of sp³-hybridized carbons (Fsp3) is 0.917. The number of ether oxygens (including phenoxy) is 1. The maximum Gasteiger partial charge on any atom is 0.321 e. The zero-order valence-corrected chi connectivity index (χ0v) is 10.8. The Hall–Kier alpha value is -0.240. The fourth-order valence-corrected chi connectivity index (χ4v) is 1.75. The van der Waals surface area contributed by atoms with Crippen LogP contribution in [0.5, 0.6) is 0 Å². The molecule has 90 valence electrons. The number of halogens is 1. The van der Waals surface area contributed by atoms with Crippen LogP contribution >= 0.6 is 11.6 Å². The Morgan fingerprint density at radius 1 is 1.13 bits per heavy atom. The summed E-state index contributed by atoms with van der Waals surface area (Å²) in [5.74, 6) is 0.420. The van der Waals surface area contributed by atoms with Gasteiger partial charge in [0.15, 0.2) is 0 Å². The van der Waals surface area contributed by atoms with Crippen LogP contribution in [0.4, 0.5) is 0 Å². The van der Waals surface area contributed by atoms with Crippen molar-refractivity contribution < 1.29 is 9.53 Å². The molecule has 0 bridgehead atoms. The van der Waals surface area contributed by atoms with Crippen molar-refractivity contribution in [1.82, 2.24) is 0 Å². The molecule has 1 unspecified atom stereocenters. The van der Waals surface area contributed by atoms with Gasteiger partial charge in [-0.3, -0.25) is 4.79 Å². The first kappa shape index (κ1) is 14.8. The molecule has 0 amide bonds. The van der Waals surface area contributed by atoms with Crippen molar-refractivity contribution in [3.63, 3.8) is 0 Å². The van der Waals surface area contributed by atoms with Gasteiger partial charge in [-0.1, -0.05) is 33.6 Å². The van der Waals surface area contributed by atoms with Crippen LogP contribution in [0, 0.1) is 5.92 Å². The van der Waals surface area contributed by atoms with Crippen LogP contribution in [-0.4, -0.2) is 18.0 Å². The van der Waals surface area contributed by atoms with Crippen molar-refractivity contribution >= 4 is 17.6 Å². The third-order valence-corrected chi connectivity index (χ3v) is 3.13. The molecule has 0 aromatic carbocycles. The number of hydrogen-bond acceptors (Lipinski definition) is 2. The predicted molar refractivity (Wildman–Crippen MR) is 64.2 cm³/mol. The summed E-state index contributed by atoms with van der Waals surface area (Å²) in [6, 6.07) is 0. The van der Waals surface area contributed by atoms with Gasteiger partial charge in [0.05, 0.1) is 0 Å². The highest BCUT2D eigenvalue weighted by molar-refractivity contribution is 6.26. The molecule has 0 spiro atoms. The van der Waals surface area contributed by atoms with E-state index in [4.69, 9.17) is 16.3 Å². The van der Waals surface area contributed by atoms with Crippen LogP contribution in [0.15, 0.2) is 0 Å². The molecule has 0 N–H and O–H groups in total. The SMILES string of the molecule is CCC(CC)CCC(CC)OC(=O)CCl. The predicted octanol–water partition coefficient (Wildman–Crippen LogP) is 3.76. The lowest BCUT2D eigenvalue weighted by molar-refractivity contribution is -0.146. The fourth-order valence-electron chi connectivity index (χ4n) is 1.68. The lowest BCUT2D eigenvalue weighted by atomic mass is 9.95. The number of rotatable bonds is 8. The third kappa shape index (κ3) is 6.77. The second-order valence-electron chi connectivity index (χ2n) is 3.91. The minimum atomic E-state index is -0.298. The molecule has 0 aromatic rings. The molecule has 0 radical (unpaired) electrons. The summed E-state index contributed by atoms with van der Waals surface area (Å²) in [7, 11) is 0. The van der Waals surface area contributed by atoms with E-state index in [1.807, 2.05) is 6.92 Å². The van der Waals surface area contributed by atoms with E-state index < -0.39 is 0 Å². The van der Waals surface area contributed by atoms with Gasteiger partial charge in [-0.05, 0) is 25.2 Å². The van der Waals surface area contributed by atoms with E-state index in [9.17, 15) is 4.79 Å². The number of hydrogen-bond donors (Lipinski definition) is 0. The Kier molecular flexibility index (Phi) is 8.88. The topological polar surface area (TPSA) is 26.3 Å². The molecule has 0 aliphatic heterocycles. The zero-order chi connectivity index (χ0) is 11.7. The highest BCUT2D eigenvalue weighted by Gasteiger charge is 2.13. The van der Waals surface area contributed by atoms with Gasteiger partial charge in [-0.15, -0.1) is 11.6 Å². The molecule has 0 aliphatic carbocycles. The van der Waals surface area contributed by atoms with Crippen LogP contribution in [0.25, 0.3) is 0 Å². The Labute approximate surface area is 98.3 Å². The summed E-state index contributed by atoms with van der Waals surface area (Å²) in [6.45, 7) is 6.46. The van der Waals surface area contributed by atoms with Crippen molar-refractivity contribution in [3.05, 3.63) is 0 Å². The molecule has 3 heteroatoms. The molecule has 2 nitrogen and oxygen atoms in total. The number of carbonyl (C=O) groups excluding carboxylic acids is 1. The minimum absolute atomic E-state index is 0.0402. The molecule has 0 aromatic heterocycles. The molecule has 1 atom stereocenters. The van der Waals surface area contributed by atoms with Gasteiger partial charge in [0.25, 0.3) is 0 Å². The number of esters is 1. The third-order valence-electron chi connectivity index (χ3n) is 2.91. The van der Waals surface area contributed by atoms with Crippen molar-refractivity contribution in [1.29, 1.82) is 0 Å². The molecule has 0 aliphatic rings. The Bertz CT molecular complexity index is 167. The zero-order valence-electron chi connectivity index (χ0n) is 10.1. The van der Waals surface area contributed by atoms with Gasteiger partial charge in [0.1, 0.15) is 12.0 Å². The van der Waals surface area contributed by atoms with E-state index >= 15 is 0 Å². The number of carbonyl (C=O) groups is 1. The van der Waals surface area contributed by atoms with Gasteiger partial charge in [-0.25, -0.2) is 0 Å². The molecular weight excluding hydrogens is 212 g/mol. The van der Waals surface area contributed by atoms with Crippen LogP contribution in [0.2, 0.25) is 0 Å². The minimum Gasteiger partial charge on any atom is -0.462 e. The van der Waals surface area contributed by atoms with Crippen LogP contribution in [0.3, 0.4) is 0 Å². The van der Waals surface area contributed by atoms with E-state index in [1.165, 1.54) is 12.8 Å². The highest BCUT2D eigenvalue weighted by atomic mass is 35.5. The van der Waals surface area contributed by atoms with Crippen molar-refractivity contribution in [2.75, 3.05) is 5.88 Å². The lowest BCUT2D eigenvalue weighted by Gasteiger charge is -2.18. The van der Waals surface area contributed by atoms with Crippen LogP contribution in [0.1, 0.15) is 52.9 Å². The van der Waals surface area contributed by atoms with Gasteiger partial charge < -0.3 is 4.74 Å². The van der Waals surface area contributed by atoms with Gasteiger partial charge >= 0.3 is 5.97 Å².